The zero-order valence-corrected chi connectivity index (χ0v) is 24.0. The molecule has 1 aromatic heterocycles. The van der Waals surface area contributed by atoms with Crippen molar-refractivity contribution >= 4 is 23.8 Å². The Kier molecular flexibility index (Phi) is 13.3. The maximum Gasteiger partial charge on any atom is 0.405 e. The first-order chi connectivity index (χ1) is 19.4. The van der Waals surface area contributed by atoms with E-state index < -0.39 is 30.1 Å². The van der Waals surface area contributed by atoms with Crippen molar-refractivity contribution in [1.29, 1.82) is 0 Å². The summed E-state index contributed by atoms with van der Waals surface area (Å²) in [5.41, 5.74) is 0.549. The number of rotatable bonds is 17. The van der Waals surface area contributed by atoms with Gasteiger partial charge in [0.05, 0.1) is 12.0 Å². The van der Waals surface area contributed by atoms with Crippen LogP contribution in [0.25, 0.3) is 0 Å². The first kappa shape index (κ1) is 31.4. The van der Waals surface area contributed by atoms with Gasteiger partial charge in [-0.3, -0.25) is 14.4 Å². The molecule has 40 heavy (non-hydrogen) atoms. The third-order valence-electron chi connectivity index (χ3n) is 8.05. The summed E-state index contributed by atoms with van der Waals surface area (Å²) in [5.74, 6) is -0.791. The zero-order chi connectivity index (χ0) is 28.7. The van der Waals surface area contributed by atoms with Crippen LogP contribution in [0.3, 0.4) is 0 Å². The Labute approximate surface area is 237 Å². The molecule has 0 spiro atoms. The molecular formula is C29H48N6O5. The van der Waals surface area contributed by atoms with Crippen molar-refractivity contribution in [1.82, 2.24) is 30.4 Å². The monoisotopic (exact) mass is 560 g/mol. The SMILES string of the molecule is CCCCCCCCCCCCNC(=O)[C@@H]1CCCN1C(=O)[C@@H]1CCCN1C(=O)[C@H](Cc1c[nH]cn1)NC(=O)O. The average Bonchev–Trinajstić information content (AvgIpc) is 3.72. The van der Waals surface area contributed by atoms with Crippen LogP contribution in [-0.2, 0) is 20.8 Å². The van der Waals surface area contributed by atoms with Gasteiger partial charge >= 0.3 is 6.09 Å². The standard InChI is InChI=1S/C29H48N6O5/c1-2-3-4-5-6-7-8-9-10-11-16-31-26(36)24-14-12-17-34(24)28(38)25-15-13-18-35(25)27(37)23(33-29(39)40)19-22-20-30-21-32-22/h20-21,23-25,33H,2-19H2,1H3,(H,30,32)(H,31,36)(H,39,40)/t23-,24-,25-/m0/s1. The lowest BCUT2D eigenvalue weighted by Crippen LogP contribution is -2.56. The van der Waals surface area contributed by atoms with Gasteiger partial charge in [-0.05, 0) is 32.1 Å². The van der Waals surface area contributed by atoms with Crippen molar-refractivity contribution in [2.45, 2.75) is 121 Å². The fourth-order valence-electron chi connectivity index (χ4n) is 5.88. The molecule has 0 aliphatic carbocycles. The van der Waals surface area contributed by atoms with E-state index in [-0.39, 0.29) is 18.2 Å². The third kappa shape index (κ3) is 9.52. The highest BCUT2D eigenvalue weighted by atomic mass is 16.4. The van der Waals surface area contributed by atoms with Gasteiger partial charge < -0.3 is 30.5 Å². The second-order valence-corrected chi connectivity index (χ2v) is 11.1. The summed E-state index contributed by atoms with van der Waals surface area (Å²) in [7, 11) is 0. The van der Waals surface area contributed by atoms with E-state index in [2.05, 4.69) is 27.5 Å². The zero-order valence-electron chi connectivity index (χ0n) is 24.0. The quantitative estimate of drug-likeness (QED) is 0.214. The third-order valence-corrected chi connectivity index (χ3v) is 8.05. The lowest BCUT2D eigenvalue weighted by atomic mass is 10.1. The number of likely N-dealkylation sites (tertiary alicyclic amines) is 2. The summed E-state index contributed by atoms with van der Waals surface area (Å²) in [5, 5.41) is 14.6. The Hall–Kier alpha value is -3.11. The van der Waals surface area contributed by atoms with E-state index in [4.69, 9.17) is 0 Å². The molecule has 3 heterocycles. The number of carbonyl (C=O) groups is 4. The second kappa shape index (κ2) is 16.9. The maximum atomic E-state index is 13.6. The topological polar surface area (TPSA) is 148 Å². The van der Waals surface area contributed by atoms with Crippen LogP contribution in [0.5, 0.6) is 0 Å². The lowest BCUT2D eigenvalue weighted by molar-refractivity contribution is -0.147. The molecule has 3 rings (SSSR count). The molecule has 2 aliphatic heterocycles. The molecule has 0 unspecified atom stereocenters. The van der Waals surface area contributed by atoms with E-state index in [1.165, 1.54) is 62.6 Å². The van der Waals surface area contributed by atoms with Gasteiger partial charge in [-0.25, -0.2) is 9.78 Å². The fourth-order valence-corrected chi connectivity index (χ4v) is 5.88. The largest absolute Gasteiger partial charge is 0.465 e. The number of aromatic nitrogens is 2. The van der Waals surface area contributed by atoms with E-state index in [0.717, 1.165) is 19.3 Å². The first-order valence-corrected chi connectivity index (χ1v) is 15.3. The molecule has 4 N–H and O–H groups in total. The number of nitrogens with one attached hydrogen (secondary N) is 3. The van der Waals surface area contributed by atoms with Crippen molar-refractivity contribution in [2.75, 3.05) is 19.6 Å². The smallest absolute Gasteiger partial charge is 0.405 e. The maximum absolute atomic E-state index is 13.6. The summed E-state index contributed by atoms with van der Waals surface area (Å²) in [6.45, 7) is 3.70. The molecule has 1 aromatic rings. The molecule has 0 aromatic carbocycles. The highest BCUT2D eigenvalue weighted by Crippen LogP contribution is 2.26. The Morgan fingerprint density at radius 2 is 1.57 bits per heavy atom. The van der Waals surface area contributed by atoms with Crippen LogP contribution in [0, 0.1) is 0 Å². The molecule has 0 saturated carbocycles. The van der Waals surface area contributed by atoms with Crippen LogP contribution in [0.4, 0.5) is 4.79 Å². The highest BCUT2D eigenvalue weighted by Gasteiger charge is 2.43. The van der Waals surface area contributed by atoms with Crippen LogP contribution in [0.1, 0.15) is 103 Å². The summed E-state index contributed by atoms with van der Waals surface area (Å²) in [6, 6.07) is -2.27. The molecule has 2 aliphatic rings. The highest BCUT2D eigenvalue weighted by molar-refractivity contribution is 5.94. The van der Waals surface area contributed by atoms with Gasteiger partial charge in [0.2, 0.25) is 17.7 Å². The van der Waals surface area contributed by atoms with Gasteiger partial charge in [0.25, 0.3) is 0 Å². The molecule has 3 atom stereocenters. The van der Waals surface area contributed by atoms with Gasteiger partial charge in [-0.2, -0.15) is 0 Å². The van der Waals surface area contributed by atoms with Gasteiger partial charge in [0, 0.05) is 32.3 Å². The summed E-state index contributed by atoms with van der Waals surface area (Å²) in [6.07, 6.45) is 16.7. The number of hydrogen-bond acceptors (Lipinski definition) is 5. The van der Waals surface area contributed by atoms with Crippen molar-refractivity contribution < 1.29 is 24.3 Å². The summed E-state index contributed by atoms with van der Waals surface area (Å²) < 4.78 is 0. The van der Waals surface area contributed by atoms with Crippen LogP contribution >= 0.6 is 0 Å². The minimum atomic E-state index is -1.31. The van der Waals surface area contributed by atoms with Gasteiger partial charge in [-0.15, -0.1) is 0 Å². The number of hydrogen-bond donors (Lipinski definition) is 4. The molecule has 224 valence electrons. The molecular weight excluding hydrogens is 512 g/mol. The van der Waals surface area contributed by atoms with Crippen LogP contribution < -0.4 is 10.6 Å². The van der Waals surface area contributed by atoms with E-state index >= 15 is 0 Å². The second-order valence-electron chi connectivity index (χ2n) is 11.1. The minimum absolute atomic E-state index is 0.0831. The van der Waals surface area contributed by atoms with Gasteiger partial charge in [-0.1, -0.05) is 64.7 Å². The van der Waals surface area contributed by atoms with E-state index in [1.807, 2.05) is 0 Å². The van der Waals surface area contributed by atoms with Crippen molar-refractivity contribution in [3.8, 4) is 0 Å². The van der Waals surface area contributed by atoms with Crippen LogP contribution in [0.2, 0.25) is 0 Å². The lowest BCUT2D eigenvalue weighted by Gasteiger charge is -2.32. The number of unbranched alkanes of at least 4 members (excludes halogenated alkanes) is 9. The van der Waals surface area contributed by atoms with E-state index in [1.54, 1.807) is 11.1 Å². The summed E-state index contributed by atoms with van der Waals surface area (Å²) in [4.78, 5) is 61.4. The Morgan fingerprint density at radius 3 is 2.20 bits per heavy atom. The number of carboxylic acid groups (broad SMARTS) is 1. The number of aromatic amines is 1. The van der Waals surface area contributed by atoms with Crippen molar-refractivity contribution in [3.63, 3.8) is 0 Å². The molecule has 0 radical (unpaired) electrons. The Bertz CT molecular complexity index is 939. The molecule has 11 nitrogen and oxygen atoms in total. The first-order valence-electron chi connectivity index (χ1n) is 15.3. The predicted molar refractivity (Wildman–Crippen MR) is 152 cm³/mol. The average molecular weight is 561 g/mol. The molecule has 0 bridgehead atoms. The fraction of sp³-hybridized carbons (Fsp3) is 0.759. The number of carbonyl (C=O) groups excluding carboxylic acids is 3. The molecule has 2 saturated heterocycles. The van der Waals surface area contributed by atoms with Crippen molar-refractivity contribution in [2.24, 2.45) is 0 Å². The van der Waals surface area contributed by atoms with Crippen LogP contribution in [-0.4, -0.2) is 86.4 Å². The number of H-pyrrole nitrogens is 1. The number of amides is 4. The molecule has 2 fully saturated rings. The van der Waals surface area contributed by atoms with Gasteiger partial charge in [0.15, 0.2) is 0 Å². The minimum Gasteiger partial charge on any atom is -0.465 e. The Balaban J connectivity index is 1.45. The van der Waals surface area contributed by atoms with E-state index in [9.17, 15) is 24.3 Å². The van der Waals surface area contributed by atoms with E-state index in [0.29, 0.717) is 44.6 Å². The van der Waals surface area contributed by atoms with Crippen LogP contribution in [0.15, 0.2) is 12.5 Å². The number of nitrogens with zero attached hydrogens (tertiary/aromatic N) is 3. The molecule has 4 amide bonds. The number of imidazole rings is 1. The van der Waals surface area contributed by atoms with Gasteiger partial charge in [0.1, 0.15) is 18.1 Å². The predicted octanol–water partition coefficient (Wildman–Crippen LogP) is 3.61. The Morgan fingerprint density at radius 1 is 0.950 bits per heavy atom. The normalized spacial score (nSPS) is 19.5. The summed E-state index contributed by atoms with van der Waals surface area (Å²) >= 11 is 0. The van der Waals surface area contributed by atoms with Crippen molar-refractivity contribution in [3.05, 3.63) is 18.2 Å². The molecule has 11 heteroatoms.